The Hall–Kier alpha value is -3.19. The van der Waals surface area contributed by atoms with Crippen molar-refractivity contribution in [1.29, 1.82) is 0 Å². The number of carbonyl (C=O) groups is 2. The Kier molecular flexibility index (Phi) is 6.06. The average molecular weight is 386 g/mol. The molecular weight excluding hydrogens is 367 g/mol. The Labute approximate surface area is 160 Å². The van der Waals surface area contributed by atoms with Crippen LogP contribution in [0.1, 0.15) is 33.4 Å². The number of hydrogen-bond donors (Lipinski definition) is 0. The van der Waals surface area contributed by atoms with E-state index in [1.54, 1.807) is 12.1 Å². The number of halogens is 1. The first-order chi connectivity index (χ1) is 13.5. The molecule has 6 nitrogen and oxygen atoms in total. The van der Waals surface area contributed by atoms with Crippen molar-refractivity contribution in [2.24, 2.45) is 0 Å². The highest BCUT2D eigenvalue weighted by Gasteiger charge is 2.23. The van der Waals surface area contributed by atoms with Gasteiger partial charge in [0.2, 0.25) is 11.5 Å². The van der Waals surface area contributed by atoms with Gasteiger partial charge in [-0.15, -0.1) is 0 Å². The predicted molar refractivity (Wildman–Crippen MR) is 99.1 cm³/mol. The number of fused-ring (bicyclic) bond motifs is 1. The molecule has 0 aliphatic rings. The van der Waals surface area contributed by atoms with Gasteiger partial charge < -0.3 is 18.6 Å². The molecule has 0 unspecified atom stereocenters. The quantitative estimate of drug-likeness (QED) is 0.428. The standard InChI is InChI=1S/C21H19FO6/c1-3-26-11-16-14-6-4-5-7-19(14)28-20(16)21(24)27-12-17(23)15-10-13(22)8-9-18(15)25-2/h4-10H,3,11-12H2,1-2H3. The van der Waals surface area contributed by atoms with Gasteiger partial charge in [-0.1, -0.05) is 18.2 Å². The van der Waals surface area contributed by atoms with Crippen molar-refractivity contribution in [3.8, 4) is 5.75 Å². The minimum absolute atomic E-state index is 0.00514. The summed E-state index contributed by atoms with van der Waals surface area (Å²) in [6, 6.07) is 10.7. The summed E-state index contributed by atoms with van der Waals surface area (Å²) in [6.45, 7) is 1.89. The SMILES string of the molecule is CCOCc1c(C(=O)OCC(=O)c2cc(F)ccc2OC)oc2ccccc12. The zero-order chi connectivity index (χ0) is 20.1. The number of methoxy groups -OCH3 is 1. The molecule has 0 aliphatic heterocycles. The highest BCUT2D eigenvalue weighted by Crippen LogP contribution is 2.27. The summed E-state index contributed by atoms with van der Waals surface area (Å²) in [4.78, 5) is 24.9. The van der Waals surface area contributed by atoms with E-state index in [4.69, 9.17) is 18.6 Å². The summed E-state index contributed by atoms with van der Waals surface area (Å²) >= 11 is 0. The van der Waals surface area contributed by atoms with Gasteiger partial charge in [-0.25, -0.2) is 9.18 Å². The summed E-state index contributed by atoms with van der Waals surface area (Å²) < 4.78 is 34.7. The van der Waals surface area contributed by atoms with Crippen molar-refractivity contribution in [1.82, 2.24) is 0 Å². The van der Waals surface area contributed by atoms with Gasteiger partial charge in [0.25, 0.3) is 0 Å². The molecule has 0 amide bonds. The van der Waals surface area contributed by atoms with Crippen LogP contribution in [-0.4, -0.2) is 32.1 Å². The first kappa shape index (κ1) is 19.6. The van der Waals surface area contributed by atoms with E-state index >= 15 is 0 Å². The molecule has 0 N–H and O–H groups in total. The maximum atomic E-state index is 13.5. The lowest BCUT2D eigenvalue weighted by Gasteiger charge is -2.08. The predicted octanol–water partition coefficient (Wildman–Crippen LogP) is 4.16. The van der Waals surface area contributed by atoms with Crippen LogP contribution in [0.2, 0.25) is 0 Å². The largest absolute Gasteiger partial charge is 0.496 e. The fourth-order valence-electron chi connectivity index (χ4n) is 2.78. The second-order valence-corrected chi connectivity index (χ2v) is 5.89. The summed E-state index contributed by atoms with van der Waals surface area (Å²) in [6.07, 6.45) is 0. The average Bonchev–Trinajstić information content (AvgIpc) is 3.08. The van der Waals surface area contributed by atoms with Gasteiger partial charge in [0.15, 0.2) is 6.61 Å². The van der Waals surface area contributed by atoms with E-state index in [1.165, 1.54) is 19.2 Å². The van der Waals surface area contributed by atoms with Gasteiger partial charge in [-0.2, -0.15) is 0 Å². The van der Waals surface area contributed by atoms with E-state index in [0.29, 0.717) is 17.8 Å². The van der Waals surface area contributed by atoms with Crippen molar-refractivity contribution in [3.05, 3.63) is 65.2 Å². The van der Waals surface area contributed by atoms with Crippen LogP contribution in [0.15, 0.2) is 46.9 Å². The van der Waals surface area contributed by atoms with Gasteiger partial charge in [-0.3, -0.25) is 4.79 Å². The number of rotatable bonds is 8. The van der Waals surface area contributed by atoms with E-state index in [2.05, 4.69) is 0 Å². The first-order valence-corrected chi connectivity index (χ1v) is 8.67. The van der Waals surface area contributed by atoms with Crippen LogP contribution in [0.4, 0.5) is 4.39 Å². The van der Waals surface area contributed by atoms with Crippen molar-refractivity contribution in [2.45, 2.75) is 13.5 Å². The molecule has 0 aliphatic carbocycles. The highest BCUT2D eigenvalue weighted by atomic mass is 19.1. The third kappa shape index (κ3) is 4.04. The number of hydrogen-bond acceptors (Lipinski definition) is 6. The Balaban J connectivity index is 1.80. The number of carbonyl (C=O) groups excluding carboxylic acids is 2. The van der Waals surface area contributed by atoms with Crippen LogP contribution in [0.3, 0.4) is 0 Å². The fourth-order valence-corrected chi connectivity index (χ4v) is 2.78. The van der Waals surface area contributed by atoms with E-state index in [0.717, 1.165) is 11.5 Å². The van der Waals surface area contributed by atoms with Crippen LogP contribution in [-0.2, 0) is 16.1 Å². The van der Waals surface area contributed by atoms with E-state index < -0.39 is 24.2 Å². The third-order valence-electron chi connectivity index (χ3n) is 4.13. The monoisotopic (exact) mass is 386 g/mol. The number of Topliss-reactive ketones (excluding diaryl/α,β-unsaturated/α-hetero) is 1. The Morgan fingerprint density at radius 2 is 1.93 bits per heavy atom. The summed E-state index contributed by atoms with van der Waals surface area (Å²) in [7, 11) is 1.37. The molecular formula is C21H19FO6. The maximum Gasteiger partial charge on any atom is 0.375 e. The number of esters is 1. The molecule has 0 saturated carbocycles. The summed E-state index contributed by atoms with van der Waals surface area (Å²) in [5, 5.41) is 0.737. The van der Waals surface area contributed by atoms with Gasteiger partial charge in [0.05, 0.1) is 19.3 Å². The molecule has 1 aromatic heterocycles. The Bertz CT molecular complexity index is 1010. The van der Waals surface area contributed by atoms with Crippen LogP contribution in [0, 0.1) is 5.82 Å². The molecule has 7 heteroatoms. The van der Waals surface area contributed by atoms with Crippen LogP contribution >= 0.6 is 0 Å². The van der Waals surface area contributed by atoms with Crippen molar-refractivity contribution >= 4 is 22.7 Å². The van der Waals surface area contributed by atoms with Crippen LogP contribution in [0.25, 0.3) is 11.0 Å². The zero-order valence-corrected chi connectivity index (χ0v) is 15.5. The van der Waals surface area contributed by atoms with Gasteiger partial charge in [-0.05, 0) is 31.2 Å². The lowest BCUT2D eigenvalue weighted by atomic mass is 10.1. The fraction of sp³-hybridized carbons (Fsp3) is 0.238. The molecule has 0 radical (unpaired) electrons. The van der Waals surface area contributed by atoms with Crippen molar-refractivity contribution in [2.75, 3.05) is 20.3 Å². The molecule has 28 heavy (non-hydrogen) atoms. The van der Waals surface area contributed by atoms with Gasteiger partial charge in [0.1, 0.15) is 17.1 Å². The third-order valence-corrected chi connectivity index (χ3v) is 4.13. The molecule has 0 saturated heterocycles. The number of para-hydroxylation sites is 1. The number of furan rings is 1. The van der Waals surface area contributed by atoms with Crippen LogP contribution in [0.5, 0.6) is 5.75 Å². The van der Waals surface area contributed by atoms with Crippen molar-refractivity contribution in [3.63, 3.8) is 0 Å². The second-order valence-electron chi connectivity index (χ2n) is 5.89. The van der Waals surface area contributed by atoms with Crippen LogP contribution < -0.4 is 4.74 Å². The summed E-state index contributed by atoms with van der Waals surface area (Å²) in [5.41, 5.74) is 1.06. The molecule has 1 heterocycles. The molecule has 0 fully saturated rings. The number of ether oxygens (including phenoxy) is 3. The van der Waals surface area contributed by atoms with Gasteiger partial charge in [0, 0.05) is 17.6 Å². The second kappa shape index (κ2) is 8.67. The molecule has 3 rings (SSSR count). The number of benzene rings is 2. The lowest BCUT2D eigenvalue weighted by molar-refractivity contribution is 0.0438. The molecule has 3 aromatic rings. The molecule has 2 aromatic carbocycles. The Morgan fingerprint density at radius 3 is 2.68 bits per heavy atom. The topological polar surface area (TPSA) is 75.0 Å². The Morgan fingerprint density at radius 1 is 1.14 bits per heavy atom. The minimum Gasteiger partial charge on any atom is -0.496 e. The van der Waals surface area contributed by atoms with Crippen molar-refractivity contribution < 1.29 is 32.6 Å². The highest BCUT2D eigenvalue weighted by molar-refractivity contribution is 6.02. The smallest absolute Gasteiger partial charge is 0.375 e. The van der Waals surface area contributed by atoms with Gasteiger partial charge >= 0.3 is 5.97 Å². The molecule has 0 spiro atoms. The molecule has 0 bridgehead atoms. The summed E-state index contributed by atoms with van der Waals surface area (Å²) in [5.74, 6) is -1.80. The minimum atomic E-state index is -0.797. The number of ketones is 1. The maximum absolute atomic E-state index is 13.5. The lowest BCUT2D eigenvalue weighted by Crippen LogP contribution is -2.16. The first-order valence-electron chi connectivity index (χ1n) is 8.67. The van der Waals surface area contributed by atoms with E-state index in [1.807, 2.05) is 19.1 Å². The molecule has 0 atom stereocenters. The van der Waals surface area contributed by atoms with E-state index in [9.17, 15) is 14.0 Å². The molecule has 146 valence electrons. The van der Waals surface area contributed by atoms with E-state index in [-0.39, 0.29) is 23.7 Å². The normalized spacial score (nSPS) is 10.8. The zero-order valence-electron chi connectivity index (χ0n) is 15.5.